The van der Waals surface area contributed by atoms with Gasteiger partial charge in [-0.05, 0) is 21.3 Å². The summed E-state index contributed by atoms with van der Waals surface area (Å²) in [5.41, 5.74) is 5.07. The molecular formula is C23H33FN2O2Si. The van der Waals surface area contributed by atoms with Crippen molar-refractivity contribution in [3.63, 3.8) is 0 Å². The normalized spacial score (nSPS) is 15.4. The van der Waals surface area contributed by atoms with Crippen molar-refractivity contribution in [3.05, 3.63) is 60.7 Å². The first-order chi connectivity index (χ1) is 13.6. The van der Waals surface area contributed by atoms with Crippen LogP contribution in [0, 0.1) is 11.8 Å². The van der Waals surface area contributed by atoms with E-state index in [1.807, 2.05) is 43.3 Å². The zero-order valence-corrected chi connectivity index (χ0v) is 19.0. The summed E-state index contributed by atoms with van der Waals surface area (Å²) in [6.07, 6.45) is -1.51. The van der Waals surface area contributed by atoms with E-state index in [0.717, 1.165) is 0 Å². The van der Waals surface area contributed by atoms with Gasteiger partial charge in [0, 0.05) is 12.5 Å². The molecular weight excluding hydrogens is 383 g/mol. The molecule has 2 aromatic carbocycles. The maximum Gasteiger partial charge on any atom is 0.314 e. The summed E-state index contributed by atoms with van der Waals surface area (Å²) in [5, 5.41) is 4.37. The van der Waals surface area contributed by atoms with Gasteiger partial charge >= 0.3 is 6.03 Å². The molecule has 0 radical (unpaired) electrons. The Morgan fingerprint density at radius 3 is 1.86 bits per heavy atom. The lowest BCUT2D eigenvalue weighted by Gasteiger charge is -2.44. The fourth-order valence-corrected chi connectivity index (χ4v) is 8.39. The summed E-state index contributed by atoms with van der Waals surface area (Å²) in [5.74, 6) is -0.542. The second-order valence-corrected chi connectivity index (χ2v) is 13.0. The van der Waals surface area contributed by atoms with Crippen molar-refractivity contribution in [3.8, 4) is 0 Å². The number of benzene rings is 2. The highest BCUT2D eigenvalue weighted by Crippen LogP contribution is 2.37. The van der Waals surface area contributed by atoms with Crippen LogP contribution in [0.15, 0.2) is 60.7 Å². The van der Waals surface area contributed by atoms with Gasteiger partial charge in [0.25, 0.3) is 8.32 Å². The Hall–Kier alpha value is -2.18. The zero-order valence-electron chi connectivity index (χ0n) is 18.0. The average molecular weight is 417 g/mol. The number of hydrogen-bond acceptors (Lipinski definition) is 2. The Balaban J connectivity index is 2.40. The number of nitrogens with one attached hydrogen (secondary N) is 1. The SMILES string of the molecule is CC([C@H](C)CO[Si](c1ccccc1)(c1ccccc1)C(C)(C)C)[C@@H](F)NC(N)=O. The lowest BCUT2D eigenvalue weighted by atomic mass is 9.96. The molecule has 29 heavy (non-hydrogen) atoms. The molecule has 2 amide bonds. The van der Waals surface area contributed by atoms with Crippen molar-refractivity contribution in [2.75, 3.05) is 6.61 Å². The Kier molecular flexibility index (Phi) is 7.60. The number of urea groups is 1. The summed E-state index contributed by atoms with van der Waals surface area (Å²) in [6, 6.07) is 19.8. The topological polar surface area (TPSA) is 64.3 Å². The molecule has 0 aromatic heterocycles. The second kappa shape index (κ2) is 9.54. The quantitative estimate of drug-likeness (QED) is 0.508. The first kappa shape index (κ1) is 23.1. The Morgan fingerprint density at radius 2 is 1.48 bits per heavy atom. The summed E-state index contributed by atoms with van der Waals surface area (Å²) >= 11 is 0. The van der Waals surface area contributed by atoms with Gasteiger partial charge in [0.1, 0.15) is 0 Å². The summed E-state index contributed by atoms with van der Waals surface area (Å²) < 4.78 is 21.2. The van der Waals surface area contributed by atoms with Crippen molar-refractivity contribution < 1.29 is 13.6 Å². The van der Waals surface area contributed by atoms with E-state index < -0.39 is 26.6 Å². The van der Waals surface area contributed by atoms with Crippen molar-refractivity contribution in [1.82, 2.24) is 5.32 Å². The van der Waals surface area contributed by atoms with Crippen molar-refractivity contribution >= 4 is 24.7 Å². The summed E-state index contributed by atoms with van der Waals surface area (Å²) in [4.78, 5) is 11.0. The second-order valence-electron chi connectivity index (χ2n) is 8.72. The van der Waals surface area contributed by atoms with Gasteiger partial charge in [-0.15, -0.1) is 0 Å². The van der Waals surface area contributed by atoms with E-state index in [9.17, 15) is 9.18 Å². The van der Waals surface area contributed by atoms with Gasteiger partial charge in [-0.2, -0.15) is 0 Å². The maximum absolute atomic E-state index is 14.3. The van der Waals surface area contributed by atoms with Crippen LogP contribution >= 0.6 is 0 Å². The fourth-order valence-electron chi connectivity index (χ4n) is 3.73. The highest BCUT2D eigenvalue weighted by atomic mass is 28.4. The highest BCUT2D eigenvalue weighted by Gasteiger charge is 2.50. The van der Waals surface area contributed by atoms with E-state index in [4.69, 9.17) is 10.2 Å². The molecule has 6 heteroatoms. The average Bonchev–Trinajstić information content (AvgIpc) is 2.67. The Bertz CT molecular complexity index is 741. The van der Waals surface area contributed by atoms with E-state index in [-0.39, 0.29) is 11.0 Å². The number of amides is 2. The molecule has 0 bridgehead atoms. The predicted molar refractivity (Wildman–Crippen MR) is 120 cm³/mol. The van der Waals surface area contributed by atoms with E-state index in [1.165, 1.54) is 10.4 Å². The van der Waals surface area contributed by atoms with Crippen LogP contribution in [0.1, 0.15) is 34.6 Å². The third-order valence-electron chi connectivity index (χ3n) is 5.62. The molecule has 1 unspecified atom stereocenters. The lowest BCUT2D eigenvalue weighted by Crippen LogP contribution is -2.67. The van der Waals surface area contributed by atoms with Crippen molar-refractivity contribution in [2.45, 2.75) is 46.0 Å². The molecule has 3 atom stereocenters. The molecule has 2 aromatic rings. The van der Waals surface area contributed by atoms with Gasteiger partial charge in [-0.25, -0.2) is 9.18 Å². The number of alkyl halides is 1. The minimum atomic E-state index is -2.66. The van der Waals surface area contributed by atoms with E-state index >= 15 is 0 Å². The molecule has 0 fully saturated rings. The number of nitrogens with two attached hydrogens (primary N) is 1. The van der Waals surface area contributed by atoms with Crippen LogP contribution in [-0.4, -0.2) is 27.3 Å². The molecule has 0 aliphatic carbocycles. The van der Waals surface area contributed by atoms with Crippen molar-refractivity contribution in [2.24, 2.45) is 17.6 Å². The highest BCUT2D eigenvalue weighted by molar-refractivity contribution is 6.99. The lowest BCUT2D eigenvalue weighted by molar-refractivity contribution is 0.119. The smallest absolute Gasteiger partial charge is 0.314 e. The molecule has 0 spiro atoms. The molecule has 4 nitrogen and oxygen atoms in total. The first-order valence-electron chi connectivity index (χ1n) is 10.0. The first-order valence-corrected chi connectivity index (χ1v) is 12.0. The van der Waals surface area contributed by atoms with Crippen molar-refractivity contribution in [1.29, 1.82) is 0 Å². The maximum atomic E-state index is 14.3. The molecule has 0 saturated carbocycles. The van der Waals surface area contributed by atoms with Gasteiger partial charge in [0.05, 0.1) is 0 Å². The Morgan fingerprint density at radius 1 is 1.03 bits per heavy atom. The van der Waals surface area contributed by atoms with Gasteiger partial charge < -0.3 is 15.5 Å². The molecule has 158 valence electrons. The molecule has 2 rings (SSSR count). The molecule has 3 N–H and O–H groups in total. The fraction of sp³-hybridized carbons (Fsp3) is 0.435. The number of rotatable bonds is 8. The number of hydrogen-bond donors (Lipinski definition) is 2. The Labute approximate surface area is 174 Å². The summed E-state index contributed by atoms with van der Waals surface area (Å²) in [6.45, 7) is 10.7. The van der Waals surface area contributed by atoms with Gasteiger partial charge in [-0.3, -0.25) is 0 Å². The van der Waals surface area contributed by atoms with Crippen LogP contribution in [0.2, 0.25) is 5.04 Å². The van der Waals surface area contributed by atoms with Crippen LogP contribution < -0.4 is 21.4 Å². The number of primary amides is 1. The number of carbonyl (C=O) groups is 1. The third-order valence-corrected chi connectivity index (χ3v) is 10.6. The van der Waals surface area contributed by atoms with Gasteiger partial charge in [0.15, 0.2) is 6.30 Å². The van der Waals surface area contributed by atoms with Crippen LogP contribution in [0.3, 0.4) is 0 Å². The molecule has 0 aliphatic rings. The van der Waals surface area contributed by atoms with Gasteiger partial charge in [0.2, 0.25) is 0 Å². The standard InChI is InChI=1S/C23H33FN2O2Si/c1-17(18(2)21(24)26-22(25)27)16-28-29(23(3,4)5,19-12-8-6-9-13-19)20-14-10-7-11-15-20/h6-15,17-18,21H,16H2,1-5H3,(H3,25,26,27)/t17-,18?,21+/m1/s1. The molecule has 0 aliphatic heterocycles. The number of carbonyl (C=O) groups excluding carboxylic acids is 1. The minimum Gasteiger partial charge on any atom is -0.407 e. The summed E-state index contributed by atoms with van der Waals surface area (Å²) in [7, 11) is -2.66. The van der Waals surface area contributed by atoms with Crippen LogP contribution in [-0.2, 0) is 4.43 Å². The van der Waals surface area contributed by atoms with Crippen LogP contribution in [0.4, 0.5) is 9.18 Å². The van der Waals surface area contributed by atoms with E-state index in [0.29, 0.717) is 6.61 Å². The van der Waals surface area contributed by atoms with E-state index in [2.05, 4.69) is 50.4 Å². The predicted octanol–water partition coefficient (Wildman–Crippen LogP) is 3.80. The van der Waals surface area contributed by atoms with Crippen LogP contribution in [0.5, 0.6) is 0 Å². The van der Waals surface area contributed by atoms with Crippen LogP contribution in [0.25, 0.3) is 0 Å². The largest absolute Gasteiger partial charge is 0.407 e. The number of halogens is 1. The zero-order chi connectivity index (χ0) is 21.7. The molecule has 0 saturated heterocycles. The monoisotopic (exact) mass is 416 g/mol. The minimum absolute atomic E-state index is 0.113. The third kappa shape index (κ3) is 5.25. The van der Waals surface area contributed by atoms with E-state index in [1.54, 1.807) is 6.92 Å². The van der Waals surface area contributed by atoms with Gasteiger partial charge in [-0.1, -0.05) is 95.3 Å². The molecule has 0 heterocycles.